The molecular formula is C8H11F3N4OS. The van der Waals surface area contributed by atoms with Crippen molar-refractivity contribution in [2.24, 2.45) is 7.05 Å². The van der Waals surface area contributed by atoms with E-state index in [9.17, 15) is 18.0 Å². The van der Waals surface area contributed by atoms with Gasteiger partial charge in [-0.3, -0.25) is 4.79 Å². The lowest BCUT2D eigenvalue weighted by Crippen LogP contribution is -2.23. The molecule has 0 atom stereocenters. The molecule has 1 rings (SSSR count). The van der Waals surface area contributed by atoms with Gasteiger partial charge < -0.3 is 4.90 Å². The number of nitrogens with zero attached hydrogens (tertiary/aromatic N) is 4. The van der Waals surface area contributed by atoms with Gasteiger partial charge in [0.15, 0.2) is 5.16 Å². The highest BCUT2D eigenvalue weighted by atomic mass is 32.2. The summed E-state index contributed by atoms with van der Waals surface area (Å²) >= 11 is 0.919. The smallest absolute Gasteiger partial charge is 0.348 e. The molecule has 0 aliphatic heterocycles. The van der Waals surface area contributed by atoms with E-state index >= 15 is 0 Å². The predicted octanol–water partition coefficient (Wildman–Crippen LogP) is 1.01. The van der Waals surface area contributed by atoms with Gasteiger partial charge in [-0.15, -0.1) is 5.10 Å². The second-order valence-electron chi connectivity index (χ2n) is 3.42. The summed E-state index contributed by atoms with van der Waals surface area (Å²) in [5.41, 5.74) is 0. The van der Waals surface area contributed by atoms with Gasteiger partial charge in [0, 0.05) is 21.1 Å². The van der Waals surface area contributed by atoms with E-state index in [-0.39, 0.29) is 16.8 Å². The van der Waals surface area contributed by atoms with Gasteiger partial charge in [-0.1, -0.05) is 11.8 Å². The quantitative estimate of drug-likeness (QED) is 0.768. The minimum absolute atomic E-state index is 0.0246. The van der Waals surface area contributed by atoms with Gasteiger partial charge in [0.25, 0.3) is 5.82 Å². The number of aromatic nitrogens is 3. The molecule has 1 aromatic rings. The Morgan fingerprint density at radius 1 is 1.47 bits per heavy atom. The van der Waals surface area contributed by atoms with Crippen LogP contribution in [0.25, 0.3) is 0 Å². The van der Waals surface area contributed by atoms with E-state index in [4.69, 9.17) is 0 Å². The van der Waals surface area contributed by atoms with E-state index in [1.54, 1.807) is 14.1 Å². The predicted molar refractivity (Wildman–Crippen MR) is 55.4 cm³/mol. The van der Waals surface area contributed by atoms with E-state index in [0.29, 0.717) is 0 Å². The molecule has 0 radical (unpaired) electrons. The molecule has 9 heteroatoms. The summed E-state index contributed by atoms with van der Waals surface area (Å²) in [5, 5.41) is 3.30. The van der Waals surface area contributed by atoms with E-state index in [1.807, 2.05) is 0 Å². The van der Waals surface area contributed by atoms with Crippen LogP contribution in [0.4, 0.5) is 13.2 Å². The van der Waals surface area contributed by atoms with Gasteiger partial charge >= 0.3 is 6.18 Å². The van der Waals surface area contributed by atoms with Crippen molar-refractivity contribution >= 4 is 17.7 Å². The summed E-state index contributed by atoms with van der Waals surface area (Å²) in [5.74, 6) is -1.37. The third-order valence-electron chi connectivity index (χ3n) is 1.80. The van der Waals surface area contributed by atoms with Crippen molar-refractivity contribution < 1.29 is 18.0 Å². The zero-order valence-electron chi connectivity index (χ0n) is 9.45. The highest BCUT2D eigenvalue weighted by Crippen LogP contribution is 2.28. The number of alkyl halides is 3. The molecular weight excluding hydrogens is 257 g/mol. The third kappa shape index (κ3) is 3.62. The highest BCUT2D eigenvalue weighted by Gasteiger charge is 2.36. The fourth-order valence-corrected chi connectivity index (χ4v) is 1.76. The lowest BCUT2D eigenvalue weighted by atomic mass is 10.6. The minimum Gasteiger partial charge on any atom is -0.348 e. The van der Waals surface area contributed by atoms with E-state index < -0.39 is 12.0 Å². The Morgan fingerprint density at radius 2 is 2.06 bits per heavy atom. The van der Waals surface area contributed by atoms with Crippen molar-refractivity contribution in [3.63, 3.8) is 0 Å². The molecule has 1 heterocycles. The number of hydrogen-bond acceptors (Lipinski definition) is 4. The Labute approximate surface area is 100.0 Å². The molecule has 5 nitrogen and oxygen atoms in total. The number of rotatable bonds is 3. The first-order chi connectivity index (χ1) is 7.71. The summed E-state index contributed by atoms with van der Waals surface area (Å²) in [6, 6.07) is 0. The largest absolute Gasteiger partial charge is 0.453 e. The molecule has 1 aromatic heterocycles. The molecule has 0 fully saturated rings. The Bertz CT molecular complexity index is 415. The number of hydrogen-bond donors (Lipinski definition) is 0. The van der Waals surface area contributed by atoms with Crippen LogP contribution in [0.1, 0.15) is 5.82 Å². The van der Waals surface area contributed by atoms with Crippen molar-refractivity contribution in [3.05, 3.63) is 5.82 Å². The number of carbonyl (C=O) groups is 1. The maximum Gasteiger partial charge on any atom is 0.453 e. The topological polar surface area (TPSA) is 51.0 Å². The second kappa shape index (κ2) is 4.94. The van der Waals surface area contributed by atoms with Gasteiger partial charge in [-0.25, -0.2) is 4.68 Å². The SMILES string of the molecule is CN(C)C(=O)CSc1nc(C(F)(F)F)nn1C. The first-order valence-corrected chi connectivity index (χ1v) is 5.51. The van der Waals surface area contributed by atoms with Gasteiger partial charge in [0.1, 0.15) is 0 Å². The zero-order chi connectivity index (χ0) is 13.2. The molecule has 1 amide bonds. The Balaban J connectivity index is 2.73. The minimum atomic E-state index is -4.57. The van der Waals surface area contributed by atoms with Crippen LogP contribution in [0, 0.1) is 0 Å². The van der Waals surface area contributed by atoms with Crippen LogP contribution in [0.2, 0.25) is 0 Å². The normalized spacial score (nSPS) is 11.6. The van der Waals surface area contributed by atoms with Crippen molar-refractivity contribution in [1.82, 2.24) is 19.7 Å². The van der Waals surface area contributed by atoms with Crippen molar-refractivity contribution in [2.45, 2.75) is 11.3 Å². The average molecular weight is 268 g/mol. The first kappa shape index (κ1) is 13.8. The molecule has 0 N–H and O–H groups in total. The van der Waals surface area contributed by atoms with Crippen molar-refractivity contribution in [1.29, 1.82) is 0 Å². The Kier molecular flexibility index (Phi) is 4.02. The second-order valence-corrected chi connectivity index (χ2v) is 4.36. The van der Waals surface area contributed by atoms with Crippen LogP contribution in [-0.4, -0.2) is 45.4 Å². The summed E-state index contributed by atoms with van der Waals surface area (Å²) in [6.45, 7) is 0. The van der Waals surface area contributed by atoms with Gasteiger partial charge in [0.05, 0.1) is 5.75 Å². The molecule has 0 spiro atoms. The molecule has 0 unspecified atom stereocenters. The number of carbonyl (C=O) groups excluding carboxylic acids is 1. The number of amides is 1. The lowest BCUT2D eigenvalue weighted by Gasteiger charge is -2.08. The Hall–Kier alpha value is -1.25. The third-order valence-corrected chi connectivity index (χ3v) is 2.81. The number of thioether (sulfide) groups is 1. The van der Waals surface area contributed by atoms with Crippen LogP contribution in [-0.2, 0) is 18.0 Å². The van der Waals surface area contributed by atoms with Crippen LogP contribution >= 0.6 is 11.8 Å². The highest BCUT2D eigenvalue weighted by molar-refractivity contribution is 7.99. The summed E-state index contributed by atoms with van der Waals surface area (Å²) in [6.07, 6.45) is -4.57. The summed E-state index contributed by atoms with van der Waals surface area (Å²) in [7, 11) is 4.49. The number of halogens is 3. The standard InChI is InChI=1S/C8H11F3N4OS/c1-14(2)5(16)4-17-7-12-6(8(9,10)11)13-15(7)3/h4H2,1-3H3. The van der Waals surface area contributed by atoms with Crippen LogP contribution in [0.15, 0.2) is 5.16 Å². The van der Waals surface area contributed by atoms with E-state index in [1.165, 1.54) is 11.9 Å². The van der Waals surface area contributed by atoms with Crippen LogP contribution in [0.3, 0.4) is 0 Å². The molecule has 0 aliphatic rings. The van der Waals surface area contributed by atoms with Crippen LogP contribution in [0.5, 0.6) is 0 Å². The molecule has 0 aliphatic carbocycles. The van der Waals surface area contributed by atoms with Gasteiger partial charge in [-0.2, -0.15) is 18.2 Å². The van der Waals surface area contributed by atoms with E-state index in [2.05, 4.69) is 10.1 Å². The molecule has 0 aromatic carbocycles. The van der Waals surface area contributed by atoms with E-state index in [0.717, 1.165) is 16.4 Å². The molecule has 0 saturated carbocycles. The van der Waals surface area contributed by atoms with Crippen molar-refractivity contribution in [2.75, 3.05) is 19.8 Å². The fourth-order valence-electron chi connectivity index (χ4n) is 0.871. The van der Waals surface area contributed by atoms with Crippen molar-refractivity contribution in [3.8, 4) is 0 Å². The first-order valence-electron chi connectivity index (χ1n) is 4.53. The lowest BCUT2D eigenvalue weighted by molar-refractivity contribution is -0.145. The fraction of sp³-hybridized carbons (Fsp3) is 0.625. The van der Waals surface area contributed by atoms with Crippen LogP contribution < -0.4 is 0 Å². The molecule has 17 heavy (non-hydrogen) atoms. The maximum atomic E-state index is 12.3. The maximum absolute atomic E-state index is 12.3. The molecule has 0 bridgehead atoms. The average Bonchev–Trinajstić information content (AvgIpc) is 2.55. The molecule has 0 saturated heterocycles. The Morgan fingerprint density at radius 3 is 2.47 bits per heavy atom. The van der Waals surface area contributed by atoms with Gasteiger partial charge in [0.2, 0.25) is 5.91 Å². The zero-order valence-corrected chi connectivity index (χ0v) is 10.3. The number of aryl methyl sites for hydroxylation is 1. The van der Waals surface area contributed by atoms with Gasteiger partial charge in [-0.05, 0) is 0 Å². The monoisotopic (exact) mass is 268 g/mol. The molecule has 96 valence electrons. The summed E-state index contributed by atoms with van der Waals surface area (Å²) < 4.78 is 37.9. The summed E-state index contributed by atoms with van der Waals surface area (Å²) in [4.78, 5) is 15.9.